The number of nitrogens with one attached hydrogen (secondary N) is 1. The van der Waals surface area contributed by atoms with Gasteiger partial charge in [0.2, 0.25) is 11.9 Å². The van der Waals surface area contributed by atoms with Gasteiger partial charge in [-0.3, -0.25) is 9.69 Å². The fraction of sp³-hybridized carbons (Fsp3) is 0.286. The first kappa shape index (κ1) is 19.9. The smallest absolute Gasteiger partial charge is 0.281 e. The number of hydrogen-bond acceptors (Lipinski definition) is 8. The van der Waals surface area contributed by atoms with Crippen LogP contribution in [-0.2, 0) is 4.74 Å². The molecule has 0 bridgehead atoms. The average Bonchev–Trinajstić information content (AvgIpc) is 3.14. The monoisotopic (exact) mass is 408 g/mol. The van der Waals surface area contributed by atoms with Crippen LogP contribution in [-0.4, -0.2) is 65.0 Å². The Kier molecular flexibility index (Phi) is 6.21. The van der Waals surface area contributed by atoms with Gasteiger partial charge in [-0.15, -0.1) is 5.10 Å². The molecule has 1 saturated heterocycles. The van der Waals surface area contributed by atoms with Crippen molar-refractivity contribution in [3.8, 4) is 5.75 Å². The summed E-state index contributed by atoms with van der Waals surface area (Å²) in [7, 11) is 0. The van der Waals surface area contributed by atoms with Crippen molar-refractivity contribution in [1.82, 2.24) is 19.7 Å². The van der Waals surface area contributed by atoms with E-state index in [1.54, 1.807) is 24.3 Å². The first-order valence-corrected chi connectivity index (χ1v) is 9.81. The molecule has 30 heavy (non-hydrogen) atoms. The molecule has 156 valence electrons. The molecule has 1 aliphatic heterocycles. The lowest BCUT2D eigenvalue weighted by atomic mass is 10.2. The molecule has 0 atom stereocenters. The molecule has 0 unspecified atom stereocenters. The molecule has 1 aliphatic rings. The summed E-state index contributed by atoms with van der Waals surface area (Å²) in [6.07, 6.45) is 0. The first-order valence-electron chi connectivity index (χ1n) is 9.81. The highest BCUT2D eigenvalue weighted by atomic mass is 16.5. The number of benzene rings is 2. The Hall–Kier alpha value is -3.43. The van der Waals surface area contributed by atoms with Crippen LogP contribution in [0.15, 0.2) is 54.6 Å². The number of anilines is 3. The summed E-state index contributed by atoms with van der Waals surface area (Å²) in [6.45, 7) is 4.86. The van der Waals surface area contributed by atoms with Crippen LogP contribution in [0.3, 0.4) is 0 Å². The predicted molar refractivity (Wildman–Crippen MR) is 113 cm³/mol. The van der Waals surface area contributed by atoms with Crippen LogP contribution in [0.2, 0.25) is 0 Å². The summed E-state index contributed by atoms with van der Waals surface area (Å²) in [4.78, 5) is 19.0. The van der Waals surface area contributed by atoms with Gasteiger partial charge in [0.1, 0.15) is 12.4 Å². The number of rotatable bonds is 7. The van der Waals surface area contributed by atoms with Gasteiger partial charge in [-0.1, -0.05) is 24.3 Å². The maximum atomic E-state index is 12.6. The Bertz CT molecular complexity index is 985. The van der Waals surface area contributed by atoms with Gasteiger partial charge >= 0.3 is 0 Å². The van der Waals surface area contributed by atoms with Crippen LogP contribution in [0.25, 0.3) is 0 Å². The Morgan fingerprint density at radius 2 is 1.93 bits per heavy atom. The maximum absolute atomic E-state index is 12.6. The van der Waals surface area contributed by atoms with Gasteiger partial charge in [-0.25, -0.2) is 0 Å². The zero-order chi connectivity index (χ0) is 20.8. The SMILES string of the molecule is Nc1nc(Nc2cccc(OCCN3CCOCC3)c2)nn1C(=O)c1ccccc1. The topological polar surface area (TPSA) is 108 Å². The largest absolute Gasteiger partial charge is 0.492 e. The highest BCUT2D eigenvalue weighted by Gasteiger charge is 2.16. The lowest BCUT2D eigenvalue weighted by Crippen LogP contribution is -2.38. The molecule has 0 saturated carbocycles. The van der Waals surface area contributed by atoms with Gasteiger partial charge in [0.25, 0.3) is 5.91 Å². The second-order valence-corrected chi connectivity index (χ2v) is 6.83. The quantitative estimate of drug-likeness (QED) is 0.611. The van der Waals surface area contributed by atoms with Crippen molar-refractivity contribution < 1.29 is 14.3 Å². The van der Waals surface area contributed by atoms with Gasteiger partial charge in [0.05, 0.1) is 13.2 Å². The predicted octanol–water partition coefficient (Wildman–Crippen LogP) is 2.00. The van der Waals surface area contributed by atoms with Crippen LogP contribution in [0, 0.1) is 0 Å². The van der Waals surface area contributed by atoms with Crippen LogP contribution in [0.4, 0.5) is 17.6 Å². The second-order valence-electron chi connectivity index (χ2n) is 6.83. The van der Waals surface area contributed by atoms with E-state index in [2.05, 4.69) is 20.3 Å². The molecule has 0 aliphatic carbocycles. The molecule has 9 nitrogen and oxygen atoms in total. The van der Waals surface area contributed by atoms with Crippen molar-refractivity contribution in [1.29, 1.82) is 0 Å². The highest BCUT2D eigenvalue weighted by molar-refractivity contribution is 5.96. The summed E-state index contributed by atoms with van der Waals surface area (Å²) in [5, 5.41) is 7.26. The standard InChI is InChI=1S/C21H24N6O3/c22-20-24-21(25-27(20)19(28)16-5-2-1-3-6-16)23-17-7-4-8-18(15-17)30-14-11-26-9-12-29-13-10-26/h1-8,15H,9-14H2,(H3,22,23,24,25). The van der Waals surface area contributed by atoms with E-state index in [1.165, 1.54) is 0 Å². The number of nitrogens with zero attached hydrogens (tertiary/aromatic N) is 4. The van der Waals surface area contributed by atoms with Crippen molar-refractivity contribution in [3.05, 3.63) is 60.2 Å². The molecule has 1 fully saturated rings. The summed E-state index contributed by atoms with van der Waals surface area (Å²) in [6, 6.07) is 16.3. The summed E-state index contributed by atoms with van der Waals surface area (Å²) in [5.41, 5.74) is 7.11. The van der Waals surface area contributed by atoms with Crippen LogP contribution in [0.5, 0.6) is 5.75 Å². The maximum Gasteiger partial charge on any atom is 0.281 e. The van der Waals surface area contributed by atoms with Crippen molar-refractivity contribution >= 4 is 23.5 Å². The number of aromatic nitrogens is 3. The minimum absolute atomic E-state index is 0.0178. The molecule has 0 amide bonds. The van der Waals surface area contributed by atoms with Crippen molar-refractivity contribution in [2.45, 2.75) is 0 Å². The fourth-order valence-electron chi connectivity index (χ4n) is 3.14. The Morgan fingerprint density at radius 1 is 1.13 bits per heavy atom. The third kappa shape index (κ3) is 4.94. The minimum atomic E-state index is -0.339. The number of nitrogen functional groups attached to an aromatic ring is 1. The molecule has 0 radical (unpaired) electrons. The Morgan fingerprint density at radius 3 is 2.73 bits per heavy atom. The van der Waals surface area contributed by atoms with E-state index in [0.29, 0.717) is 12.2 Å². The van der Waals surface area contributed by atoms with Crippen LogP contribution in [0.1, 0.15) is 10.4 Å². The molecule has 2 heterocycles. The Labute approximate surface area is 174 Å². The van der Waals surface area contributed by atoms with E-state index >= 15 is 0 Å². The summed E-state index contributed by atoms with van der Waals surface area (Å²) < 4.78 is 12.3. The molecule has 0 spiro atoms. The molecule has 4 rings (SSSR count). The van der Waals surface area contributed by atoms with Gasteiger partial charge in [-0.05, 0) is 24.3 Å². The van der Waals surface area contributed by atoms with Gasteiger partial charge in [0.15, 0.2) is 0 Å². The Balaban J connectivity index is 1.37. The van der Waals surface area contributed by atoms with E-state index in [1.807, 2.05) is 30.3 Å². The van der Waals surface area contributed by atoms with Crippen LogP contribution < -0.4 is 15.8 Å². The molecule has 1 aromatic heterocycles. The highest BCUT2D eigenvalue weighted by Crippen LogP contribution is 2.21. The first-order chi connectivity index (χ1) is 14.7. The van der Waals surface area contributed by atoms with E-state index in [0.717, 1.165) is 49.0 Å². The lowest BCUT2D eigenvalue weighted by molar-refractivity contribution is 0.0322. The van der Waals surface area contributed by atoms with Crippen molar-refractivity contribution in [2.24, 2.45) is 0 Å². The number of nitrogens with two attached hydrogens (primary N) is 1. The van der Waals surface area contributed by atoms with Crippen molar-refractivity contribution in [3.63, 3.8) is 0 Å². The molecule has 2 aromatic carbocycles. The summed E-state index contributed by atoms with van der Waals surface area (Å²) in [5.74, 6) is 0.654. The molecule has 9 heteroatoms. The van der Waals surface area contributed by atoms with Crippen LogP contribution >= 0.6 is 0 Å². The lowest BCUT2D eigenvalue weighted by Gasteiger charge is -2.26. The van der Waals surface area contributed by atoms with E-state index in [-0.39, 0.29) is 17.8 Å². The second kappa shape index (κ2) is 9.38. The number of hydrogen-bond donors (Lipinski definition) is 2. The molecule has 3 aromatic rings. The van der Waals surface area contributed by atoms with Crippen molar-refractivity contribution in [2.75, 3.05) is 50.5 Å². The normalized spacial score (nSPS) is 14.4. The minimum Gasteiger partial charge on any atom is -0.492 e. The zero-order valence-electron chi connectivity index (χ0n) is 16.5. The summed E-state index contributed by atoms with van der Waals surface area (Å²) >= 11 is 0. The van der Waals surface area contributed by atoms with Gasteiger partial charge in [0, 0.05) is 37.0 Å². The fourth-order valence-corrected chi connectivity index (χ4v) is 3.14. The molecule has 3 N–H and O–H groups in total. The number of carbonyl (C=O) groups excluding carboxylic acids is 1. The zero-order valence-corrected chi connectivity index (χ0v) is 16.5. The molecular weight excluding hydrogens is 384 g/mol. The number of morpholine rings is 1. The van der Waals surface area contributed by atoms with Gasteiger partial charge < -0.3 is 20.5 Å². The third-order valence-electron chi connectivity index (χ3n) is 4.72. The average molecular weight is 408 g/mol. The van der Waals surface area contributed by atoms with E-state index in [4.69, 9.17) is 15.2 Å². The third-order valence-corrected chi connectivity index (χ3v) is 4.72. The van der Waals surface area contributed by atoms with E-state index in [9.17, 15) is 4.79 Å². The van der Waals surface area contributed by atoms with E-state index < -0.39 is 0 Å². The number of ether oxygens (including phenoxy) is 2. The van der Waals surface area contributed by atoms with Gasteiger partial charge in [-0.2, -0.15) is 9.67 Å². The number of carbonyl (C=O) groups is 1. The molecular formula is C21H24N6O3.